The van der Waals surface area contributed by atoms with Crippen LogP contribution in [0.3, 0.4) is 0 Å². The van der Waals surface area contributed by atoms with E-state index in [-0.39, 0.29) is 18.3 Å². The number of likely N-dealkylation sites (N-methyl/N-ethyl adjacent to an activating group) is 1. The molecule has 0 unspecified atom stereocenters. The lowest BCUT2D eigenvalue weighted by molar-refractivity contribution is -0.121. The Morgan fingerprint density at radius 3 is 2.62 bits per heavy atom. The van der Waals surface area contributed by atoms with Crippen LogP contribution in [0.4, 0.5) is 0 Å². The van der Waals surface area contributed by atoms with Crippen LogP contribution in [0, 0.1) is 0 Å². The average Bonchev–Trinajstić information content (AvgIpc) is 2.22. The molecule has 0 aromatic carbocycles. The van der Waals surface area contributed by atoms with Crippen LogP contribution in [-0.2, 0) is 9.53 Å². The van der Waals surface area contributed by atoms with Crippen molar-refractivity contribution >= 4 is 18.3 Å². The van der Waals surface area contributed by atoms with Gasteiger partial charge in [-0.05, 0) is 26.3 Å². The number of ether oxygens (including phenoxy) is 1. The summed E-state index contributed by atoms with van der Waals surface area (Å²) in [7, 11) is 1.68. The van der Waals surface area contributed by atoms with Gasteiger partial charge in [0, 0.05) is 32.7 Å². The third kappa shape index (κ3) is 11.8. The molecule has 0 saturated heterocycles. The molecule has 4 nitrogen and oxygen atoms in total. The molecule has 0 aliphatic heterocycles. The Hall–Kier alpha value is -0.320. The number of methoxy groups -OCH3 is 1. The number of hydrogen-bond donors (Lipinski definition) is 2. The summed E-state index contributed by atoms with van der Waals surface area (Å²) in [5, 5.41) is 6.14. The van der Waals surface area contributed by atoms with Gasteiger partial charge in [0.1, 0.15) is 0 Å². The second-order valence-electron chi connectivity index (χ2n) is 3.71. The van der Waals surface area contributed by atoms with Crippen LogP contribution < -0.4 is 10.6 Å². The van der Waals surface area contributed by atoms with E-state index in [4.69, 9.17) is 4.74 Å². The first-order valence-electron chi connectivity index (χ1n) is 5.69. The third-order valence-corrected chi connectivity index (χ3v) is 2.16. The Kier molecular flexibility index (Phi) is 14.4. The van der Waals surface area contributed by atoms with Gasteiger partial charge >= 0.3 is 0 Å². The van der Waals surface area contributed by atoms with Gasteiger partial charge in [-0.3, -0.25) is 4.79 Å². The van der Waals surface area contributed by atoms with Crippen molar-refractivity contribution in [1.82, 2.24) is 10.6 Å². The van der Waals surface area contributed by atoms with E-state index in [0.717, 1.165) is 26.0 Å². The summed E-state index contributed by atoms with van der Waals surface area (Å²) in [5.41, 5.74) is 0. The number of nitrogens with one attached hydrogen (secondary N) is 2. The van der Waals surface area contributed by atoms with Crippen molar-refractivity contribution < 1.29 is 9.53 Å². The first-order chi connectivity index (χ1) is 7.20. The van der Waals surface area contributed by atoms with Crippen LogP contribution >= 0.6 is 12.4 Å². The number of hydrogen-bond acceptors (Lipinski definition) is 3. The van der Waals surface area contributed by atoms with Crippen LogP contribution in [0.1, 0.15) is 33.1 Å². The summed E-state index contributed by atoms with van der Waals surface area (Å²) < 4.78 is 4.91. The van der Waals surface area contributed by atoms with Crippen LogP contribution in [0.5, 0.6) is 0 Å². The highest BCUT2D eigenvalue weighted by Crippen LogP contribution is 1.95. The largest absolute Gasteiger partial charge is 0.385 e. The van der Waals surface area contributed by atoms with E-state index >= 15 is 0 Å². The molecular formula is C11H25ClN2O2. The van der Waals surface area contributed by atoms with E-state index in [1.807, 2.05) is 0 Å². The molecule has 0 rings (SSSR count). The molecule has 0 bridgehead atoms. The van der Waals surface area contributed by atoms with Gasteiger partial charge in [0.15, 0.2) is 0 Å². The predicted octanol–water partition coefficient (Wildman–Crippen LogP) is 1.34. The zero-order valence-corrected chi connectivity index (χ0v) is 11.4. The van der Waals surface area contributed by atoms with Crippen molar-refractivity contribution in [2.45, 2.75) is 39.2 Å². The molecule has 0 aliphatic rings. The van der Waals surface area contributed by atoms with Crippen LogP contribution in [-0.4, -0.2) is 38.8 Å². The number of carbonyl (C=O) groups excluding carboxylic acids is 1. The lowest BCUT2D eigenvalue weighted by atomic mass is 10.2. The van der Waals surface area contributed by atoms with Crippen molar-refractivity contribution in [3.05, 3.63) is 0 Å². The summed E-state index contributed by atoms with van der Waals surface area (Å²) in [4.78, 5) is 11.3. The normalized spacial score (nSPS) is 11.7. The lowest BCUT2D eigenvalue weighted by Crippen LogP contribution is -2.38. The summed E-state index contributed by atoms with van der Waals surface area (Å²) in [6.07, 6.45) is 2.45. The van der Waals surface area contributed by atoms with Crippen molar-refractivity contribution in [2.24, 2.45) is 0 Å². The minimum absolute atomic E-state index is 0. The molecule has 0 radical (unpaired) electrons. The SMILES string of the molecule is CCN[C@H](C)CNC(=O)CCCCOC.Cl. The minimum Gasteiger partial charge on any atom is -0.385 e. The standard InChI is InChI=1S/C11H24N2O2.ClH/c1-4-12-10(2)9-13-11(14)7-5-6-8-15-3;/h10,12H,4-9H2,1-3H3,(H,13,14);1H/t10-;/m1./s1. The lowest BCUT2D eigenvalue weighted by Gasteiger charge is -2.13. The monoisotopic (exact) mass is 252 g/mol. The molecule has 0 aromatic heterocycles. The van der Waals surface area contributed by atoms with Crippen LogP contribution in [0.2, 0.25) is 0 Å². The first-order valence-corrected chi connectivity index (χ1v) is 5.69. The van der Waals surface area contributed by atoms with Gasteiger partial charge in [-0.15, -0.1) is 12.4 Å². The molecule has 1 atom stereocenters. The topological polar surface area (TPSA) is 50.4 Å². The minimum atomic E-state index is 0. The van der Waals surface area contributed by atoms with Gasteiger partial charge in [-0.25, -0.2) is 0 Å². The third-order valence-electron chi connectivity index (χ3n) is 2.16. The van der Waals surface area contributed by atoms with Gasteiger partial charge in [-0.1, -0.05) is 6.92 Å². The summed E-state index contributed by atoms with van der Waals surface area (Å²) in [5.74, 6) is 0.135. The Balaban J connectivity index is 0. The molecule has 0 fully saturated rings. The maximum Gasteiger partial charge on any atom is 0.220 e. The van der Waals surface area contributed by atoms with Crippen LogP contribution in [0.25, 0.3) is 0 Å². The molecule has 5 heteroatoms. The quantitative estimate of drug-likeness (QED) is 0.609. The molecule has 0 aromatic rings. The number of amides is 1. The molecule has 0 aliphatic carbocycles. The molecule has 16 heavy (non-hydrogen) atoms. The van der Waals surface area contributed by atoms with E-state index in [9.17, 15) is 4.79 Å². The molecule has 2 N–H and O–H groups in total. The predicted molar refractivity (Wildman–Crippen MR) is 69.1 cm³/mol. The van der Waals surface area contributed by atoms with E-state index < -0.39 is 0 Å². The summed E-state index contributed by atoms with van der Waals surface area (Å²) in [6, 6.07) is 0.345. The molecule has 0 heterocycles. The molecular weight excluding hydrogens is 228 g/mol. The Labute approximate surface area is 105 Å². The zero-order valence-electron chi connectivity index (χ0n) is 10.5. The number of rotatable bonds is 9. The Bertz CT molecular complexity index is 168. The van der Waals surface area contributed by atoms with Crippen molar-refractivity contribution in [2.75, 3.05) is 26.8 Å². The maximum atomic E-state index is 11.3. The van der Waals surface area contributed by atoms with E-state index in [1.165, 1.54) is 0 Å². The first kappa shape index (κ1) is 18.1. The smallest absolute Gasteiger partial charge is 0.220 e. The van der Waals surface area contributed by atoms with E-state index in [0.29, 0.717) is 19.0 Å². The van der Waals surface area contributed by atoms with Gasteiger partial charge in [0.2, 0.25) is 5.91 Å². The molecule has 1 amide bonds. The maximum absolute atomic E-state index is 11.3. The summed E-state index contributed by atoms with van der Waals surface area (Å²) in [6.45, 7) is 6.50. The fourth-order valence-corrected chi connectivity index (χ4v) is 1.31. The average molecular weight is 253 g/mol. The van der Waals surface area contributed by atoms with E-state index in [2.05, 4.69) is 24.5 Å². The highest BCUT2D eigenvalue weighted by atomic mass is 35.5. The molecule has 98 valence electrons. The zero-order chi connectivity index (χ0) is 11.5. The number of halogens is 1. The fourth-order valence-electron chi connectivity index (χ4n) is 1.31. The van der Waals surface area contributed by atoms with Gasteiger partial charge in [0.05, 0.1) is 0 Å². The van der Waals surface area contributed by atoms with Crippen LogP contribution in [0.15, 0.2) is 0 Å². The van der Waals surface area contributed by atoms with Crippen molar-refractivity contribution in [3.8, 4) is 0 Å². The van der Waals surface area contributed by atoms with Crippen molar-refractivity contribution in [3.63, 3.8) is 0 Å². The van der Waals surface area contributed by atoms with Gasteiger partial charge < -0.3 is 15.4 Å². The van der Waals surface area contributed by atoms with Crippen molar-refractivity contribution in [1.29, 1.82) is 0 Å². The molecule has 0 saturated carbocycles. The second-order valence-corrected chi connectivity index (χ2v) is 3.71. The van der Waals surface area contributed by atoms with Gasteiger partial charge in [-0.2, -0.15) is 0 Å². The fraction of sp³-hybridized carbons (Fsp3) is 0.909. The van der Waals surface area contributed by atoms with E-state index in [1.54, 1.807) is 7.11 Å². The Morgan fingerprint density at radius 2 is 2.06 bits per heavy atom. The Morgan fingerprint density at radius 1 is 1.38 bits per heavy atom. The number of carbonyl (C=O) groups is 1. The highest BCUT2D eigenvalue weighted by molar-refractivity contribution is 5.85. The number of unbranched alkanes of at least 4 members (excludes halogenated alkanes) is 1. The highest BCUT2D eigenvalue weighted by Gasteiger charge is 2.03. The summed E-state index contributed by atoms with van der Waals surface area (Å²) >= 11 is 0. The molecule has 0 spiro atoms. The van der Waals surface area contributed by atoms with Gasteiger partial charge in [0.25, 0.3) is 0 Å². The second kappa shape index (κ2) is 12.7.